The zero-order valence-corrected chi connectivity index (χ0v) is 8.15. The molecule has 0 amide bonds. The first-order valence-corrected chi connectivity index (χ1v) is 5.48. The fourth-order valence-electron chi connectivity index (χ4n) is 0.867. The molecular formula is C8H15NO2S. The molecule has 0 spiro atoms. The molecule has 0 aromatic rings. The van der Waals surface area contributed by atoms with E-state index in [1.165, 1.54) is 0 Å². The third kappa shape index (κ3) is 4.34. The van der Waals surface area contributed by atoms with Crippen LogP contribution in [0.5, 0.6) is 0 Å². The van der Waals surface area contributed by atoms with Gasteiger partial charge in [-0.3, -0.25) is 0 Å². The number of primary sulfonamides is 1. The van der Waals surface area contributed by atoms with Crippen molar-refractivity contribution in [1.29, 1.82) is 0 Å². The van der Waals surface area contributed by atoms with Crippen LogP contribution in [0.3, 0.4) is 0 Å². The molecule has 0 aromatic carbocycles. The molecule has 3 nitrogen and oxygen atoms in total. The van der Waals surface area contributed by atoms with E-state index in [1.807, 2.05) is 6.92 Å². The van der Waals surface area contributed by atoms with Crippen molar-refractivity contribution in [2.24, 2.45) is 5.14 Å². The lowest BCUT2D eigenvalue weighted by Crippen LogP contribution is -2.14. The largest absolute Gasteiger partial charge is 0.241 e. The Kier molecular flexibility index (Phi) is 4.90. The topological polar surface area (TPSA) is 60.2 Å². The number of rotatable bonds is 5. The molecule has 0 radical (unpaired) electrons. The summed E-state index contributed by atoms with van der Waals surface area (Å²) in [7, 11) is -3.55. The van der Waals surface area contributed by atoms with E-state index in [9.17, 15) is 8.42 Å². The van der Waals surface area contributed by atoms with Crippen LogP contribution in [0.15, 0.2) is 17.2 Å². The lowest BCUT2D eigenvalue weighted by molar-refractivity contribution is 0.599. The Morgan fingerprint density at radius 1 is 1.50 bits per heavy atom. The van der Waals surface area contributed by atoms with Gasteiger partial charge in [-0.15, -0.1) is 5.73 Å². The van der Waals surface area contributed by atoms with E-state index < -0.39 is 10.0 Å². The standard InChI is InChI=1S/C8H15NO2S/c1-3-5-6-7-8(4-2)12(9,10)11/h2-3,5-7H2,1H3,(H2,9,10,11). The van der Waals surface area contributed by atoms with Gasteiger partial charge in [-0.2, -0.15) is 0 Å². The van der Waals surface area contributed by atoms with Gasteiger partial charge in [0.05, 0.1) is 0 Å². The molecule has 2 N–H and O–H groups in total. The molecule has 0 aliphatic rings. The molecular weight excluding hydrogens is 174 g/mol. The van der Waals surface area contributed by atoms with Gasteiger partial charge in [0.15, 0.2) is 0 Å². The fraction of sp³-hybridized carbons (Fsp3) is 0.625. The Balaban J connectivity index is 4.15. The molecule has 4 heteroatoms. The summed E-state index contributed by atoms with van der Waals surface area (Å²) in [6, 6.07) is 0. The predicted molar refractivity (Wildman–Crippen MR) is 49.9 cm³/mol. The summed E-state index contributed by atoms with van der Waals surface area (Å²) < 4.78 is 21.6. The molecule has 0 heterocycles. The van der Waals surface area contributed by atoms with Crippen LogP contribution in [0.25, 0.3) is 0 Å². The van der Waals surface area contributed by atoms with Crippen LogP contribution < -0.4 is 5.14 Å². The lowest BCUT2D eigenvalue weighted by Gasteiger charge is -2.00. The Morgan fingerprint density at radius 3 is 2.42 bits per heavy atom. The van der Waals surface area contributed by atoms with Gasteiger partial charge in [-0.1, -0.05) is 26.3 Å². The molecule has 0 aliphatic heterocycles. The average Bonchev–Trinajstić information content (AvgIpc) is 1.95. The highest BCUT2D eigenvalue weighted by molar-refractivity contribution is 7.93. The minimum Gasteiger partial charge on any atom is -0.224 e. The summed E-state index contributed by atoms with van der Waals surface area (Å²) in [4.78, 5) is 0.121. The highest BCUT2D eigenvalue weighted by Crippen LogP contribution is 2.10. The van der Waals surface area contributed by atoms with Crippen LogP contribution in [-0.2, 0) is 10.0 Å². The third-order valence-corrected chi connectivity index (χ3v) is 2.58. The highest BCUT2D eigenvalue weighted by atomic mass is 32.2. The van der Waals surface area contributed by atoms with Gasteiger partial charge in [-0.05, 0) is 12.8 Å². The van der Waals surface area contributed by atoms with Crippen molar-refractivity contribution < 1.29 is 8.42 Å². The SMILES string of the molecule is C=C=C(CCCCC)S(N)(=O)=O. The maximum Gasteiger partial charge on any atom is 0.241 e. The monoisotopic (exact) mass is 189 g/mol. The van der Waals surface area contributed by atoms with Crippen molar-refractivity contribution in [2.75, 3.05) is 0 Å². The van der Waals surface area contributed by atoms with E-state index in [-0.39, 0.29) is 4.91 Å². The molecule has 70 valence electrons. The van der Waals surface area contributed by atoms with Crippen molar-refractivity contribution in [3.63, 3.8) is 0 Å². The van der Waals surface area contributed by atoms with Gasteiger partial charge >= 0.3 is 0 Å². The molecule has 12 heavy (non-hydrogen) atoms. The smallest absolute Gasteiger partial charge is 0.224 e. The van der Waals surface area contributed by atoms with Crippen LogP contribution in [0.4, 0.5) is 0 Å². The number of unbranched alkanes of at least 4 members (excludes halogenated alkanes) is 2. The van der Waals surface area contributed by atoms with E-state index in [0.717, 1.165) is 19.3 Å². The van der Waals surface area contributed by atoms with E-state index >= 15 is 0 Å². The van der Waals surface area contributed by atoms with Crippen molar-refractivity contribution >= 4 is 10.0 Å². The summed E-state index contributed by atoms with van der Waals surface area (Å²) in [6.45, 7) is 5.33. The summed E-state index contributed by atoms with van der Waals surface area (Å²) in [5.41, 5.74) is 2.35. The zero-order valence-electron chi connectivity index (χ0n) is 7.34. The van der Waals surface area contributed by atoms with Crippen molar-refractivity contribution in [2.45, 2.75) is 32.6 Å². The van der Waals surface area contributed by atoms with Gasteiger partial charge in [0, 0.05) is 0 Å². The molecule has 0 aromatic heterocycles. The lowest BCUT2D eigenvalue weighted by atomic mass is 10.2. The minimum atomic E-state index is -3.55. The Bertz CT molecular complexity index is 273. The second kappa shape index (κ2) is 5.14. The zero-order chi connectivity index (χ0) is 9.61. The molecule has 0 bridgehead atoms. The third-order valence-electron chi connectivity index (χ3n) is 1.55. The summed E-state index contributed by atoms with van der Waals surface area (Å²) in [6.07, 6.45) is 3.33. The number of nitrogens with two attached hydrogens (primary N) is 1. The molecule has 0 unspecified atom stereocenters. The molecule has 0 rings (SSSR count). The van der Waals surface area contributed by atoms with Crippen LogP contribution >= 0.6 is 0 Å². The Morgan fingerprint density at radius 2 is 2.08 bits per heavy atom. The van der Waals surface area contributed by atoms with Crippen LogP contribution in [0, 0.1) is 0 Å². The quantitative estimate of drug-likeness (QED) is 0.526. The van der Waals surface area contributed by atoms with Crippen molar-refractivity contribution in [3.8, 4) is 0 Å². The molecule has 0 fully saturated rings. The van der Waals surface area contributed by atoms with E-state index in [1.54, 1.807) is 0 Å². The van der Waals surface area contributed by atoms with Crippen LogP contribution in [-0.4, -0.2) is 8.42 Å². The van der Waals surface area contributed by atoms with Crippen molar-refractivity contribution in [1.82, 2.24) is 0 Å². The Labute approximate surface area is 74.0 Å². The maximum absolute atomic E-state index is 10.8. The van der Waals surface area contributed by atoms with E-state index in [2.05, 4.69) is 12.3 Å². The number of hydrogen-bond donors (Lipinski definition) is 1. The second-order valence-corrected chi connectivity index (χ2v) is 4.18. The average molecular weight is 189 g/mol. The van der Waals surface area contributed by atoms with Crippen molar-refractivity contribution in [3.05, 3.63) is 17.2 Å². The fourth-order valence-corrected chi connectivity index (χ4v) is 1.50. The van der Waals surface area contributed by atoms with Crippen LogP contribution in [0.1, 0.15) is 32.6 Å². The van der Waals surface area contributed by atoms with E-state index in [4.69, 9.17) is 5.14 Å². The number of allylic oxidation sites excluding steroid dienone is 1. The van der Waals surface area contributed by atoms with Gasteiger partial charge in [-0.25, -0.2) is 13.6 Å². The maximum atomic E-state index is 10.8. The predicted octanol–water partition coefficient (Wildman–Crippen LogP) is 1.52. The van der Waals surface area contributed by atoms with Gasteiger partial charge in [0.1, 0.15) is 4.91 Å². The summed E-state index contributed by atoms with van der Waals surface area (Å²) in [5.74, 6) is 0. The number of hydrogen-bond acceptors (Lipinski definition) is 2. The molecule has 0 atom stereocenters. The first-order valence-electron chi connectivity index (χ1n) is 3.94. The first-order chi connectivity index (χ1) is 5.52. The van der Waals surface area contributed by atoms with Gasteiger partial charge in [0.25, 0.3) is 0 Å². The Hall–Kier alpha value is -0.570. The van der Waals surface area contributed by atoms with E-state index in [0.29, 0.717) is 6.42 Å². The molecule has 0 aliphatic carbocycles. The minimum absolute atomic E-state index is 0.121. The summed E-state index contributed by atoms with van der Waals surface area (Å²) in [5, 5.41) is 4.91. The summed E-state index contributed by atoms with van der Waals surface area (Å²) >= 11 is 0. The first kappa shape index (κ1) is 11.4. The van der Waals surface area contributed by atoms with Gasteiger partial charge in [0.2, 0.25) is 10.0 Å². The highest BCUT2D eigenvalue weighted by Gasteiger charge is 2.09. The normalized spacial score (nSPS) is 10.8. The molecule has 0 saturated carbocycles. The molecule has 0 saturated heterocycles. The number of sulfonamides is 1. The van der Waals surface area contributed by atoms with Gasteiger partial charge < -0.3 is 0 Å². The van der Waals surface area contributed by atoms with Crippen LogP contribution in [0.2, 0.25) is 0 Å². The second-order valence-electron chi connectivity index (χ2n) is 2.60.